The van der Waals surface area contributed by atoms with E-state index in [2.05, 4.69) is 10.1 Å². The summed E-state index contributed by atoms with van der Waals surface area (Å²) < 4.78 is 1.26. The van der Waals surface area contributed by atoms with Crippen molar-refractivity contribution >= 4 is 28.2 Å². The number of fused-ring (bicyclic) bond motifs is 1. The van der Waals surface area contributed by atoms with Crippen LogP contribution in [0.4, 0.5) is 5.69 Å². The lowest BCUT2D eigenvalue weighted by Gasteiger charge is -2.10. The van der Waals surface area contributed by atoms with Gasteiger partial charge < -0.3 is 0 Å². The minimum Gasteiger partial charge on any atom is -0.267 e. The number of benzene rings is 2. The van der Waals surface area contributed by atoms with E-state index in [1.165, 1.54) is 16.8 Å². The van der Waals surface area contributed by atoms with E-state index in [1.54, 1.807) is 48.7 Å². The van der Waals surface area contributed by atoms with E-state index in [-0.39, 0.29) is 16.3 Å². The molecule has 0 saturated heterocycles. The molecular weight excluding hydrogens is 368 g/mol. The highest BCUT2D eigenvalue weighted by molar-refractivity contribution is 6.32. The highest BCUT2D eigenvalue weighted by atomic mass is 35.5. The molecule has 0 bridgehead atoms. The van der Waals surface area contributed by atoms with Gasteiger partial charge in [-0.3, -0.25) is 19.9 Å². The Morgan fingerprint density at radius 1 is 1.04 bits per heavy atom. The fourth-order valence-electron chi connectivity index (χ4n) is 2.81. The fraction of sp³-hybridized carbons (Fsp3) is 0. The molecule has 0 amide bonds. The standard InChI is InChI=1S/C19H11ClN4O3/c20-15-9-8-12(11-16(15)24(26)27)17-18-14(7-4-10-21-18)19(25)23(22-17)13-5-2-1-3-6-13/h1-11H. The number of para-hydroxylation sites is 1. The topological polar surface area (TPSA) is 90.9 Å². The Morgan fingerprint density at radius 2 is 1.81 bits per heavy atom. The molecular formula is C19H11ClN4O3. The lowest BCUT2D eigenvalue weighted by molar-refractivity contribution is -0.384. The van der Waals surface area contributed by atoms with Gasteiger partial charge in [-0.1, -0.05) is 35.9 Å². The van der Waals surface area contributed by atoms with Crippen molar-refractivity contribution in [2.75, 3.05) is 0 Å². The second-order valence-corrected chi connectivity index (χ2v) is 6.13. The van der Waals surface area contributed by atoms with Gasteiger partial charge in [0.15, 0.2) is 0 Å². The molecule has 0 aliphatic carbocycles. The zero-order valence-electron chi connectivity index (χ0n) is 13.7. The molecule has 2 aromatic carbocycles. The summed E-state index contributed by atoms with van der Waals surface area (Å²) in [5, 5.41) is 16.1. The van der Waals surface area contributed by atoms with E-state index < -0.39 is 4.92 Å². The molecule has 7 nitrogen and oxygen atoms in total. The SMILES string of the molecule is O=c1c2cccnc2c(-c2ccc(Cl)c([N+](=O)[O-])c2)nn1-c1ccccc1. The summed E-state index contributed by atoms with van der Waals surface area (Å²) in [6.07, 6.45) is 1.55. The second kappa shape index (κ2) is 6.62. The van der Waals surface area contributed by atoms with E-state index in [9.17, 15) is 14.9 Å². The predicted octanol–water partition coefficient (Wildman–Crippen LogP) is 4.01. The highest BCUT2D eigenvalue weighted by Gasteiger charge is 2.18. The molecule has 132 valence electrons. The molecule has 4 aromatic rings. The Morgan fingerprint density at radius 3 is 2.56 bits per heavy atom. The summed E-state index contributed by atoms with van der Waals surface area (Å²) in [6.45, 7) is 0. The number of rotatable bonds is 3. The number of hydrogen-bond acceptors (Lipinski definition) is 5. The number of pyridine rings is 1. The van der Waals surface area contributed by atoms with Crippen LogP contribution in [0.3, 0.4) is 0 Å². The zero-order valence-corrected chi connectivity index (χ0v) is 14.5. The van der Waals surface area contributed by atoms with Gasteiger partial charge in [-0.05, 0) is 30.3 Å². The molecule has 0 aliphatic rings. The normalized spacial score (nSPS) is 10.9. The van der Waals surface area contributed by atoms with Crippen molar-refractivity contribution in [3.8, 4) is 16.9 Å². The van der Waals surface area contributed by atoms with Gasteiger partial charge in [0.25, 0.3) is 11.2 Å². The van der Waals surface area contributed by atoms with Crippen LogP contribution in [0.5, 0.6) is 0 Å². The Hall–Kier alpha value is -3.58. The number of nitrogens with zero attached hydrogens (tertiary/aromatic N) is 4. The molecule has 2 heterocycles. The van der Waals surface area contributed by atoms with Gasteiger partial charge >= 0.3 is 0 Å². The van der Waals surface area contributed by atoms with Gasteiger partial charge in [0.05, 0.1) is 16.0 Å². The maximum Gasteiger partial charge on any atom is 0.288 e. The molecule has 0 spiro atoms. The first-order valence-electron chi connectivity index (χ1n) is 7.94. The Kier molecular flexibility index (Phi) is 4.13. The Bertz CT molecular complexity index is 1240. The first-order valence-corrected chi connectivity index (χ1v) is 8.32. The third-order valence-electron chi connectivity index (χ3n) is 4.07. The van der Waals surface area contributed by atoms with Crippen LogP contribution >= 0.6 is 11.6 Å². The van der Waals surface area contributed by atoms with Crippen LogP contribution in [0, 0.1) is 10.1 Å². The van der Waals surface area contributed by atoms with Crippen molar-refractivity contribution in [2.45, 2.75) is 0 Å². The first-order chi connectivity index (χ1) is 13.1. The highest BCUT2D eigenvalue weighted by Crippen LogP contribution is 2.31. The molecule has 4 rings (SSSR count). The van der Waals surface area contributed by atoms with Crippen molar-refractivity contribution in [3.05, 3.63) is 92.4 Å². The van der Waals surface area contributed by atoms with Crippen LogP contribution < -0.4 is 5.56 Å². The summed E-state index contributed by atoms with van der Waals surface area (Å²) >= 11 is 5.92. The van der Waals surface area contributed by atoms with Gasteiger partial charge in [0.1, 0.15) is 16.2 Å². The number of nitro benzene ring substituents is 1. The molecule has 0 saturated carbocycles. The third kappa shape index (κ3) is 2.94. The van der Waals surface area contributed by atoms with Crippen LogP contribution in [-0.2, 0) is 0 Å². The monoisotopic (exact) mass is 378 g/mol. The van der Waals surface area contributed by atoms with Crippen molar-refractivity contribution in [2.24, 2.45) is 0 Å². The number of hydrogen-bond donors (Lipinski definition) is 0. The summed E-state index contributed by atoms with van der Waals surface area (Å²) in [5.41, 5.74) is 1.19. The molecule has 8 heteroatoms. The Balaban J connectivity index is 2.07. The van der Waals surface area contributed by atoms with Gasteiger partial charge in [-0.2, -0.15) is 9.78 Å². The van der Waals surface area contributed by atoms with Gasteiger partial charge in [-0.15, -0.1) is 0 Å². The molecule has 0 atom stereocenters. The Labute approximate surface area is 157 Å². The minimum absolute atomic E-state index is 0.0254. The minimum atomic E-state index is -0.561. The van der Waals surface area contributed by atoms with Gasteiger partial charge in [0.2, 0.25) is 0 Å². The van der Waals surface area contributed by atoms with Crippen molar-refractivity contribution < 1.29 is 4.92 Å². The van der Waals surface area contributed by atoms with Crippen LogP contribution in [0.15, 0.2) is 71.7 Å². The lowest BCUT2D eigenvalue weighted by Crippen LogP contribution is -2.22. The van der Waals surface area contributed by atoms with Crippen LogP contribution in [0.2, 0.25) is 5.02 Å². The maximum atomic E-state index is 12.9. The largest absolute Gasteiger partial charge is 0.288 e. The molecule has 0 unspecified atom stereocenters. The summed E-state index contributed by atoms with van der Waals surface area (Å²) in [4.78, 5) is 27.8. The lowest BCUT2D eigenvalue weighted by atomic mass is 10.1. The van der Waals surface area contributed by atoms with E-state index in [0.717, 1.165) is 0 Å². The maximum absolute atomic E-state index is 12.9. The molecule has 0 radical (unpaired) electrons. The van der Waals surface area contributed by atoms with Crippen molar-refractivity contribution in [3.63, 3.8) is 0 Å². The van der Waals surface area contributed by atoms with Crippen LogP contribution in [-0.4, -0.2) is 19.7 Å². The summed E-state index contributed by atoms with van der Waals surface area (Å²) in [7, 11) is 0. The zero-order chi connectivity index (χ0) is 19.0. The number of aromatic nitrogens is 3. The number of halogens is 1. The quantitative estimate of drug-likeness (QED) is 0.397. The molecule has 0 N–H and O–H groups in total. The van der Waals surface area contributed by atoms with Gasteiger partial charge in [-0.25, -0.2) is 0 Å². The second-order valence-electron chi connectivity index (χ2n) is 5.72. The average molecular weight is 379 g/mol. The van der Waals surface area contributed by atoms with E-state index >= 15 is 0 Å². The number of nitro groups is 1. The summed E-state index contributed by atoms with van der Waals surface area (Å²) in [6, 6.07) is 16.6. The van der Waals surface area contributed by atoms with Crippen molar-refractivity contribution in [1.29, 1.82) is 0 Å². The average Bonchev–Trinajstić information content (AvgIpc) is 2.69. The summed E-state index contributed by atoms with van der Waals surface area (Å²) in [5.74, 6) is 0. The first kappa shape index (κ1) is 16.9. The molecule has 27 heavy (non-hydrogen) atoms. The predicted molar refractivity (Wildman–Crippen MR) is 102 cm³/mol. The molecule has 0 aliphatic heterocycles. The van der Waals surface area contributed by atoms with Crippen LogP contribution in [0.1, 0.15) is 0 Å². The molecule has 2 aromatic heterocycles. The van der Waals surface area contributed by atoms with E-state index in [1.807, 2.05) is 6.07 Å². The fourth-order valence-corrected chi connectivity index (χ4v) is 3.00. The third-order valence-corrected chi connectivity index (χ3v) is 4.39. The van der Waals surface area contributed by atoms with Crippen molar-refractivity contribution in [1.82, 2.24) is 14.8 Å². The van der Waals surface area contributed by atoms with E-state index in [4.69, 9.17) is 11.6 Å². The molecule has 0 fully saturated rings. The van der Waals surface area contributed by atoms with E-state index in [0.29, 0.717) is 27.8 Å². The van der Waals surface area contributed by atoms with Crippen LogP contribution in [0.25, 0.3) is 27.8 Å². The van der Waals surface area contributed by atoms with Gasteiger partial charge in [0, 0.05) is 17.8 Å². The smallest absolute Gasteiger partial charge is 0.267 e.